The molecule has 4 atom stereocenters. The van der Waals surface area contributed by atoms with Crippen LogP contribution < -0.4 is 0 Å². The SMILES string of the molecule is CCC(=NOC)[C@@H]1[C@@H]2CCC(C[C@H]1c1ccc(I)cc1)O2. The van der Waals surface area contributed by atoms with E-state index in [1.807, 2.05) is 0 Å². The largest absolute Gasteiger partial charge is 0.399 e. The lowest BCUT2D eigenvalue weighted by molar-refractivity contribution is -0.0249. The van der Waals surface area contributed by atoms with Crippen molar-refractivity contribution in [2.24, 2.45) is 11.1 Å². The predicted octanol–water partition coefficient (Wildman–Crippen LogP) is 4.35. The molecule has 2 heterocycles. The molecule has 0 amide bonds. The van der Waals surface area contributed by atoms with E-state index in [2.05, 4.69) is 58.9 Å². The zero-order chi connectivity index (χ0) is 14.8. The Bertz CT molecular complexity index is 514. The second-order valence-corrected chi connectivity index (χ2v) is 7.16. The number of oxime groups is 1. The molecular weight excluding hydrogens is 377 g/mol. The van der Waals surface area contributed by atoms with E-state index >= 15 is 0 Å². The highest BCUT2D eigenvalue weighted by Crippen LogP contribution is 2.46. The molecular formula is C17H22INO2. The zero-order valence-corrected chi connectivity index (χ0v) is 14.7. The summed E-state index contributed by atoms with van der Waals surface area (Å²) in [5.74, 6) is 0.857. The number of hydrogen-bond acceptors (Lipinski definition) is 3. The van der Waals surface area contributed by atoms with Crippen LogP contribution in [-0.4, -0.2) is 25.0 Å². The maximum absolute atomic E-state index is 6.18. The third kappa shape index (κ3) is 3.11. The maximum atomic E-state index is 6.18. The van der Waals surface area contributed by atoms with E-state index in [0.717, 1.165) is 25.0 Å². The van der Waals surface area contributed by atoms with Crippen molar-refractivity contribution in [1.82, 2.24) is 0 Å². The van der Waals surface area contributed by atoms with Gasteiger partial charge >= 0.3 is 0 Å². The molecule has 2 aliphatic heterocycles. The Morgan fingerprint density at radius 1 is 1.33 bits per heavy atom. The molecule has 0 aliphatic carbocycles. The van der Waals surface area contributed by atoms with E-state index < -0.39 is 0 Å². The Morgan fingerprint density at radius 3 is 2.76 bits per heavy atom. The Kier molecular flexibility index (Phi) is 4.84. The molecule has 4 heteroatoms. The zero-order valence-electron chi connectivity index (χ0n) is 12.6. The van der Waals surface area contributed by atoms with E-state index in [0.29, 0.717) is 24.0 Å². The molecule has 3 rings (SSSR count). The molecule has 2 aliphatic rings. The number of fused-ring (bicyclic) bond motifs is 2. The van der Waals surface area contributed by atoms with Gasteiger partial charge in [0.25, 0.3) is 0 Å². The average Bonchev–Trinajstić information content (AvgIpc) is 2.88. The van der Waals surface area contributed by atoms with Crippen molar-refractivity contribution in [3.63, 3.8) is 0 Å². The second kappa shape index (κ2) is 6.65. The van der Waals surface area contributed by atoms with E-state index in [-0.39, 0.29) is 0 Å². The first-order valence-corrected chi connectivity index (χ1v) is 8.81. The summed E-state index contributed by atoms with van der Waals surface area (Å²) in [7, 11) is 1.64. The lowest BCUT2D eigenvalue weighted by Crippen LogP contribution is -2.39. The number of nitrogens with zero attached hydrogens (tertiary/aromatic N) is 1. The number of rotatable bonds is 4. The Labute approximate surface area is 140 Å². The molecule has 114 valence electrons. The van der Waals surface area contributed by atoms with Crippen LogP contribution in [0, 0.1) is 9.49 Å². The first-order valence-electron chi connectivity index (χ1n) is 7.73. The molecule has 0 radical (unpaired) electrons. The van der Waals surface area contributed by atoms with E-state index in [9.17, 15) is 0 Å². The van der Waals surface area contributed by atoms with E-state index in [1.54, 1.807) is 7.11 Å². The predicted molar refractivity (Wildman–Crippen MR) is 92.6 cm³/mol. The summed E-state index contributed by atoms with van der Waals surface area (Å²) in [6.07, 6.45) is 5.09. The third-order valence-corrected chi connectivity index (χ3v) is 5.46. The summed E-state index contributed by atoms with van der Waals surface area (Å²) < 4.78 is 7.46. The maximum Gasteiger partial charge on any atom is 0.106 e. The number of halogens is 1. The first-order chi connectivity index (χ1) is 10.2. The topological polar surface area (TPSA) is 30.8 Å². The molecule has 0 spiro atoms. The lowest BCUT2D eigenvalue weighted by atomic mass is 9.76. The van der Waals surface area contributed by atoms with Crippen molar-refractivity contribution < 1.29 is 9.57 Å². The Hall–Kier alpha value is -0.620. The standard InChI is InChI=1S/C17H22INO2/c1-3-15(19-20-2)17-14(10-13-8-9-16(17)21-13)11-4-6-12(18)7-5-11/h4-7,13-14,16-17H,3,8-10H2,1-2H3/t13?,14-,16-,17+/m0/s1. The molecule has 2 bridgehead atoms. The summed E-state index contributed by atoms with van der Waals surface area (Å²) >= 11 is 2.36. The van der Waals surface area contributed by atoms with Crippen LogP contribution in [0.5, 0.6) is 0 Å². The van der Waals surface area contributed by atoms with Crippen molar-refractivity contribution >= 4 is 28.3 Å². The van der Waals surface area contributed by atoms with Crippen LogP contribution in [0.2, 0.25) is 0 Å². The van der Waals surface area contributed by atoms with Gasteiger partial charge in [0.1, 0.15) is 7.11 Å². The van der Waals surface area contributed by atoms with Crippen molar-refractivity contribution in [2.75, 3.05) is 7.11 Å². The highest BCUT2D eigenvalue weighted by molar-refractivity contribution is 14.1. The van der Waals surface area contributed by atoms with Crippen LogP contribution in [0.1, 0.15) is 44.1 Å². The number of ether oxygens (including phenoxy) is 1. The molecule has 2 saturated heterocycles. The second-order valence-electron chi connectivity index (χ2n) is 5.91. The summed E-state index contributed by atoms with van der Waals surface area (Å²) in [6.45, 7) is 2.16. The fourth-order valence-electron chi connectivity index (χ4n) is 3.84. The Balaban J connectivity index is 1.95. The van der Waals surface area contributed by atoms with Crippen LogP contribution in [0.25, 0.3) is 0 Å². The lowest BCUT2D eigenvalue weighted by Gasteiger charge is -2.37. The van der Waals surface area contributed by atoms with Crippen molar-refractivity contribution in [2.45, 2.75) is 50.7 Å². The summed E-state index contributed by atoms with van der Waals surface area (Å²) in [5, 5.41) is 4.31. The summed E-state index contributed by atoms with van der Waals surface area (Å²) in [5.41, 5.74) is 2.56. The highest BCUT2D eigenvalue weighted by atomic mass is 127. The highest BCUT2D eigenvalue weighted by Gasteiger charge is 2.45. The van der Waals surface area contributed by atoms with Crippen LogP contribution in [0.3, 0.4) is 0 Å². The van der Waals surface area contributed by atoms with Crippen molar-refractivity contribution in [3.8, 4) is 0 Å². The van der Waals surface area contributed by atoms with Gasteiger partial charge in [-0.3, -0.25) is 0 Å². The van der Waals surface area contributed by atoms with Crippen LogP contribution in [-0.2, 0) is 9.57 Å². The smallest absolute Gasteiger partial charge is 0.106 e. The van der Waals surface area contributed by atoms with Crippen LogP contribution >= 0.6 is 22.6 Å². The number of benzene rings is 1. The van der Waals surface area contributed by atoms with Crippen LogP contribution in [0.4, 0.5) is 0 Å². The normalized spacial score (nSPS) is 32.2. The van der Waals surface area contributed by atoms with Gasteiger partial charge in [0.05, 0.1) is 17.9 Å². The van der Waals surface area contributed by atoms with Crippen molar-refractivity contribution in [1.29, 1.82) is 0 Å². The van der Waals surface area contributed by atoms with Crippen LogP contribution in [0.15, 0.2) is 29.4 Å². The van der Waals surface area contributed by atoms with Gasteiger partial charge in [-0.15, -0.1) is 0 Å². The molecule has 0 saturated carbocycles. The van der Waals surface area contributed by atoms with Gasteiger partial charge in [-0.05, 0) is 71.9 Å². The third-order valence-electron chi connectivity index (χ3n) is 4.74. The number of hydrogen-bond donors (Lipinski definition) is 0. The molecule has 1 aromatic rings. The first kappa shape index (κ1) is 15.3. The van der Waals surface area contributed by atoms with Gasteiger partial charge in [-0.1, -0.05) is 24.2 Å². The molecule has 0 aromatic heterocycles. The van der Waals surface area contributed by atoms with Gasteiger partial charge in [0.15, 0.2) is 0 Å². The minimum absolute atomic E-state index is 0.307. The van der Waals surface area contributed by atoms with Gasteiger partial charge in [-0.25, -0.2) is 0 Å². The molecule has 0 N–H and O–H groups in total. The van der Waals surface area contributed by atoms with E-state index in [4.69, 9.17) is 9.57 Å². The molecule has 1 aromatic carbocycles. The van der Waals surface area contributed by atoms with Gasteiger partial charge in [0, 0.05) is 9.49 Å². The fraction of sp³-hybridized carbons (Fsp3) is 0.588. The minimum atomic E-state index is 0.307. The molecule has 3 nitrogen and oxygen atoms in total. The quantitative estimate of drug-likeness (QED) is 0.428. The summed E-state index contributed by atoms with van der Waals surface area (Å²) in [4.78, 5) is 5.09. The van der Waals surface area contributed by atoms with Gasteiger partial charge in [0.2, 0.25) is 0 Å². The monoisotopic (exact) mass is 399 g/mol. The summed E-state index contributed by atoms with van der Waals surface area (Å²) in [6, 6.07) is 8.93. The average molecular weight is 399 g/mol. The minimum Gasteiger partial charge on any atom is -0.399 e. The van der Waals surface area contributed by atoms with Gasteiger partial charge in [-0.2, -0.15) is 0 Å². The molecule has 2 fully saturated rings. The molecule has 1 unspecified atom stereocenters. The van der Waals surface area contributed by atoms with E-state index in [1.165, 1.54) is 15.6 Å². The van der Waals surface area contributed by atoms with Gasteiger partial charge < -0.3 is 9.57 Å². The van der Waals surface area contributed by atoms with Crippen molar-refractivity contribution in [3.05, 3.63) is 33.4 Å². The Morgan fingerprint density at radius 2 is 2.10 bits per heavy atom. The molecule has 21 heavy (non-hydrogen) atoms. The fourth-order valence-corrected chi connectivity index (χ4v) is 4.20.